The van der Waals surface area contributed by atoms with Crippen LogP contribution in [0.1, 0.15) is 38.2 Å². The number of benzene rings is 1. The second-order valence-electron chi connectivity index (χ2n) is 5.57. The number of carbonyl (C=O) groups is 1. The van der Waals surface area contributed by atoms with Gasteiger partial charge in [0.1, 0.15) is 17.6 Å². The first-order chi connectivity index (χ1) is 11.7. The van der Waals surface area contributed by atoms with Crippen LogP contribution in [0.4, 0.5) is 0 Å². The minimum absolute atomic E-state index is 0.175. The minimum Gasteiger partial charge on any atom is -0.497 e. The third kappa shape index (κ3) is 4.72. The Morgan fingerprint density at radius 1 is 1.29 bits per heavy atom. The molecule has 0 bridgehead atoms. The maximum Gasteiger partial charge on any atom is 0.244 e. The fourth-order valence-electron chi connectivity index (χ4n) is 2.35. The third-order valence-electron chi connectivity index (χ3n) is 3.75. The highest BCUT2D eigenvalue weighted by atomic mass is 16.5. The lowest BCUT2D eigenvalue weighted by atomic mass is 10.1. The largest absolute Gasteiger partial charge is 0.497 e. The number of ether oxygens (including phenoxy) is 1. The zero-order chi connectivity index (χ0) is 17.4. The predicted octanol–water partition coefficient (Wildman–Crippen LogP) is 3.51. The molecule has 0 aliphatic heterocycles. The van der Waals surface area contributed by atoms with E-state index in [4.69, 9.17) is 9.15 Å². The van der Waals surface area contributed by atoms with E-state index in [0.717, 1.165) is 19.3 Å². The van der Waals surface area contributed by atoms with Crippen molar-refractivity contribution < 1.29 is 13.9 Å². The molecule has 1 N–H and O–H groups in total. The number of nitrogens with one attached hydrogen (secondary N) is 1. The molecule has 0 spiro atoms. The highest BCUT2D eigenvalue weighted by molar-refractivity contribution is 5.92. The van der Waals surface area contributed by atoms with Gasteiger partial charge in [-0.1, -0.05) is 26.2 Å². The number of amides is 1. The van der Waals surface area contributed by atoms with Gasteiger partial charge < -0.3 is 14.5 Å². The second kappa shape index (κ2) is 8.91. The van der Waals surface area contributed by atoms with Crippen LogP contribution >= 0.6 is 0 Å². The van der Waals surface area contributed by atoms with E-state index in [9.17, 15) is 9.59 Å². The molecule has 0 saturated heterocycles. The number of rotatable bonds is 8. The summed E-state index contributed by atoms with van der Waals surface area (Å²) < 4.78 is 10.6. The van der Waals surface area contributed by atoms with Gasteiger partial charge in [-0.25, -0.2) is 0 Å². The van der Waals surface area contributed by atoms with Crippen LogP contribution in [-0.4, -0.2) is 19.6 Å². The average molecular weight is 329 g/mol. The van der Waals surface area contributed by atoms with Crippen molar-refractivity contribution in [1.29, 1.82) is 0 Å². The highest BCUT2D eigenvalue weighted by Gasteiger charge is 2.06. The van der Waals surface area contributed by atoms with E-state index in [2.05, 4.69) is 12.2 Å². The van der Waals surface area contributed by atoms with Crippen molar-refractivity contribution in [2.45, 2.75) is 32.6 Å². The third-order valence-corrected chi connectivity index (χ3v) is 3.75. The first-order valence-electron chi connectivity index (χ1n) is 8.21. The van der Waals surface area contributed by atoms with Crippen molar-refractivity contribution in [3.05, 3.63) is 46.3 Å². The van der Waals surface area contributed by atoms with Crippen molar-refractivity contribution in [1.82, 2.24) is 5.32 Å². The number of methoxy groups -OCH3 is 1. The van der Waals surface area contributed by atoms with Gasteiger partial charge in [-0.2, -0.15) is 0 Å². The zero-order valence-electron chi connectivity index (χ0n) is 14.1. The van der Waals surface area contributed by atoms with Crippen molar-refractivity contribution >= 4 is 23.0 Å². The first-order valence-corrected chi connectivity index (χ1v) is 8.21. The van der Waals surface area contributed by atoms with Crippen molar-refractivity contribution in [3.63, 3.8) is 0 Å². The maximum absolute atomic E-state index is 12.4. The minimum atomic E-state index is -0.208. The number of hydrogen-bond donors (Lipinski definition) is 1. The molecule has 0 saturated carbocycles. The molecule has 1 heterocycles. The molecule has 0 unspecified atom stereocenters. The molecule has 0 aliphatic rings. The standard InChI is InChI=1S/C19H23NO4/c1-3-4-5-6-11-20-18(21)10-7-14-13-24-17-12-15(23-2)8-9-16(17)19(14)22/h7-10,12-13H,3-6,11H2,1-2H3,(H,20,21)/b10-7+. The van der Waals surface area contributed by atoms with Crippen molar-refractivity contribution in [2.24, 2.45) is 0 Å². The Hall–Kier alpha value is -2.56. The van der Waals surface area contributed by atoms with Crippen LogP contribution in [0.2, 0.25) is 0 Å². The molecule has 0 fully saturated rings. The van der Waals surface area contributed by atoms with Gasteiger partial charge >= 0.3 is 0 Å². The van der Waals surface area contributed by atoms with Gasteiger partial charge in [-0.05, 0) is 24.6 Å². The Morgan fingerprint density at radius 2 is 2.12 bits per heavy atom. The summed E-state index contributed by atoms with van der Waals surface area (Å²) in [6.07, 6.45) is 8.62. The average Bonchev–Trinajstić information content (AvgIpc) is 2.60. The lowest BCUT2D eigenvalue weighted by Crippen LogP contribution is -2.22. The quantitative estimate of drug-likeness (QED) is 0.594. The van der Waals surface area contributed by atoms with Gasteiger partial charge in [0.25, 0.3) is 0 Å². The number of carbonyl (C=O) groups excluding carboxylic acids is 1. The second-order valence-corrected chi connectivity index (χ2v) is 5.57. The molecule has 0 radical (unpaired) electrons. The monoisotopic (exact) mass is 329 g/mol. The number of unbranched alkanes of at least 4 members (excludes halogenated alkanes) is 3. The molecule has 1 aromatic heterocycles. The Bertz CT molecular complexity index is 777. The molecule has 2 aromatic rings. The Balaban J connectivity index is 2.03. The SMILES string of the molecule is CCCCCCNC(=O)/C=C/c1coc2cc(OC)ccc2c1=O. The molecule has 1 amide bonds. The van der Waals surface area contributed by atoms with E-state index >= 15 is 0 Å². The fourth-order valence-corrected chi connectivity index (χ4v) is 2.35. The topological polar surface area (TPSA) is 68.5 Å². The maximum atomic E-state index is 12.4. The molecular weight excluding hydrogens is 306 g/mol. The van der Waals surface area contributed by atoms with E-state index in [1.165, 1.54) is 24.8 Å². The summed E-state index contributed by atoms with van der Waals surface area (Å²) in [6.45, 7) is 2.79. The smallest absolute Gasteiger partial charge is 0.244 e. The molecule has 0 atom stereocenters. The number of fused-ring (bicyclic) bond motifs is 1. The van der Waals surface area contributed by atoms with Crippen LogP contribution in [0.25, 0.3) is 17.0 Å². The fraction of sp³-hybridized carbons (Fsp3) is 0.368. The molecule has 5 nitrogen and oxygen atoms in total. The van der Waals surface area contributed by atoms with Crippen LogP contribution in [0.3, 0.4) is 0 Å². The summed E-state index contributed by atoms with van der Waals surface area (Å²) in [4.78, 5) is 24.1. The van der Waals surface area contributed by atoms with Gasteiger partial charge in [-0.15, -0.1) is 0 Å². The van der Waals surface area contributed by atoms with E-state index in [1.54, 1.807) is 25.3 Å². The van der Waals surface area contributed by atoms with Crippen molar-refractivity contribution in [2.75, 3.05) is 13.7 Å². The van der Waals surface area contributed by atoms with Gasteiger partial charge in [0, 0.05) is 18.7 Å². The van der Waals surface area contributed by atoms with Gasteiger partial charge in [0.2, 0.25) is 5.91 Å². The van der Waals surface area contributed by atoms with Gasteiger partial charge in [0.05, 0.1) is 18.1 Å². The lowest BCUT2D eigenvalue weighted by Gasteiger charge is -2.03. The van der Waals surface area contributed by atoms with Crippen LogP contribution in [0, 0.1) is 0 Å². The van der Waals surface area contributed by atoms with Gasteiger partial charge in [0.15, 0.2) is 5.43 Å². The van der Waals surface area contributed by atoms with E-state index in [1.807, 2.05) is 0 Å². The Labute approximate surface area is 141 Å². The number of hydrogen-bond acceptors (Lipinski definition) is 4. The van der Waals surface area contributed by atoms with Crippen LogP contribution < -0.4 is 15.5 Å². The summed E-state index contributed by atoms with van der Waals surface area (Å²) in [5.74, 6) is 0.414. The summed E-state index contributed by atoms with van der Waals surface area (Å²) in [7, 11) is 1.55. The van der Waals surface area contributed by atoms with E-state index < -0.39 is 0 Å². The molecule has 24 heavy (non-hydrogen) atoms. The Kier molecular flexibility index (Phi) is 6.61. The molecule has 2 rings (SSSR count). The van der Waals surface area contributed by atoms with E-state index in [-0.39, 0.29) is 11.3 Å². The predicted molar refractivity (Wildman–Crippen MR) is 95.2 cm³/mol. The summed E-state index contributed by atoms with van der Waals surface area (Å²) in [5.41, 5.74) is 0.622. The molecule has 0 aliphatic carbocycles. The Morgan fingerprint density at radius 3 is 2.88 bits per heavy atom. The molecular formula is C19H23NO4. The molecule has 5 heteroatoms. The summed E-state index contributed by atoms with van der Waals surface area (Å²) in [6, 6.07) is 5.02. The molecule has 128 valence electrons. The normalized spacial score (nSPS) is 11.1. The first kappa shape index (κ1) is 17.8. The molecule has 1 aromatic carbocycles. The lowest BCUT2D eigenvalue weighted by molar-refractivity contribution is -0.116. The highest BCUT2D eigenvalue weighted by Crippen LogP contribution is 2.19. The van der Waals surface area contributed by atoms with E-state index in [0.29, 0.717) is 28.8 Å². The van der Waals surface area contributed by atoms with Crippen LogP contribution in [-0.2, 0) is 4.79 Å². The summed E-state index contributed by atoms with van der Waals surface area (Å²) in [5, 5.41) is 3.26. The zero-order valence-corrected chi connectivity index (χ0v) is 14.1. The van der Waals surface area contributed by atoms with Crippen molar-refractivity contribution in [3.8, 4) is 5.75 Å². The summed E-state index contributed by atoms with van der Waals surface area (Å²) >= 11 is 0. The van der Waals surface area contributed by atoms with Crippen LogP contribution in [0.15, 0.2) is 39.7 Å². The van der Waals surface area contributed by atoms with Crippen LogP contribution in [0.5, 0.6) is 5.75 Å². The van der Waals surface area contributed by atoms with Gasteiger partial charge in [-0.3, -0.25) is 9.59 Å².